The van der Waals surface area contributed by atoms with Gasteiger partial charge in [0.1, 0.15) is 23.0 Å². The second-order valence-electron chi connectivity index (χ2n) is 5.83. The molecule has 0 aliphatic carbocycles. The van der Waals surface area contributed by atoms with Crippen LogP contribution >= 0.6 is 0 Å². The van der Waals surface area contributed by atoms with Crippen LogP contribution in [-0.2, 0) is 0 Å². The van der Waals surface area contributed by atoms with Gasteiger partial charge in [-0.3, -0.25) is 0 Å². The van der Waals surface area contributed by atoms with E-state index in [4.69, 9.17) is 5.26 Å². The minimum absolute atomic E-state index is 0.192. The number of pyridine rings is 1. The van der Waals surface area contributed by atoms with Crippen LogP contribution in [0.3, 0.4) is 0 Å². The Morgan fingerprint density at radius 2 is 2.18 bits per heavy atom. The second-order valence-corrected chi connectivity index (χ2v) is 5.83. The molecular formula is C15H16N6O. The first-order valence-corrected chi connectivity index (χ1v) is 7.34. The Morgan fingerprint density at radius 3 is 2.95 bits per heavy atom. The van der Waals surface area contributed by atoms with Crippen LogP contribution in [0.2, 0.25) is 0 Å². The summed E-state index contributed by atoms with van der Waals surface area (Å²) in [6, 6.07) is 4.08. The summed E-state index contributed by atoms with van der Waals surface area (Å²) in [5.74, 6) is 0. The molecule has 1 fully saturated rings. The van der Waals surface area contributed by atoms with Crippen molar-refractivity contribution in [3.8, 4) is 6.07 Å². The number of nitriles is 1. The lowest BCUT2D eigenvalue weighted by atomic mass is 9.89. The summed E-state index contributed by atoms with van der Waals surface area (Å²) in [4.78, 5) is 11.9. The number of aliphatic hydroxyl groups is 1. The van der Waals surface area contributed by atoms with Crippen molar-refractivity contribution in [3.63, 3.8) is 0 Å². The van der Waals surface area contributed by atoms with Crippen molar-refractivity contribution in [2.75, 3.05) is 18.1 Å². The molecule has 0 amide bonds. The van der Waals surface area contributed by atoms with E-state index >= 15 is 0 Å². The standard InChI is InChI=1S/C15H16N6O/c16-5-2-15(22)3-7-20(8-4-15)21-10-19-12-9-18-14-11(13(12)21)1-6-17-14/h1,6,9-10,22H,2-4,7-8H2,(H,17,18). The van der Waals surface area contributed by atoms with E-state index in [1.165, 1.54) is 0 Å². The van der Waals surface area contributed by atoms with Gasteiger partial charge in [-0.2, -0.15) is 5.26 Å². The molecule has 7 heteroatoms. The fraction of sp³-hybridized carbons (Fsp3) is 0.400. The molecule has 4 rings (SSSR count). The lowest BCUT2D eigenvalue weighted by Crippen LogP contribution is -2.48. The van der Waals surface area contributed by atoms with Gasteiger partial charge < -0.3 is 15.1 Å². The molecule has 0 bridgehead atoms. The Morgan fingerprint density at radius 1 is 1.36 bits per heavy atom. The summed E-state index contributed by atoms with van der Waals surface area (Å²) >= 11 is 0. The molecule has 0 aromatic carbocycles. The van der Waals surface area contributed by atoms with Crippen molar-refractivity contribution in [1.29, 1.82) is 5.26 Å². The molecule has 1 saturated heterocycles. The normalized spacial score (nSPS) is 17.9. The number of aromatic nitrogens is 4. The maximum absolute atomic E-state index is 10.3. The lowest BCUT2D eigenvalue weighted by molar-refractivity contribution is 0.0166. The molecule has 0 spiro atoms. The van der Waals surface area contributed by atoms with Gasteiger partial charge in [0, 0.05) is 24.7 Å². The highest BCUT2D eigenvalue weighted by atomic mass is 16.3. The Hall–Kier alpha value is -2.59. The topological polar surface area (TPSA) is 93.8 Å². The maximum Gasteiger partial charge on any atom is 0.139 e. The van der Waals surface area contributed by atoms with Gasteiger partial charge in [0.25, 0.3) is 0 Å². The third kappa shape index (κ3) is 1.92. The fourth-order valence-corrected chi connectivity index (χ4v) is 3.16. The number of nitrogens with one attached hydrogen (secondary N) is 1. The molecule has 4 heterocycles. The first kappa shape index (κ1) is 13.1. The van der Waals surface area contributed by atoms with Crippen molar-refractivity contribution >= 4 is 22.1 Å². The summed E-state index contributed by atoms with van der Waals surface area (Å²) in [6.07, 6.45) is 6.80. The van der Waals surface area contributed by atoms with Gasteiger partial charge in [-0.1, -0.05) is 0 Å². The van der Waals surface area contributed by atoms with Crippen LogP contribution < -0.4 is 5.01 Å². The minimum Gasteiger partial charge on any atom is -0.389 e. The summed E-state index contributed by atoms with van der Waals surface area (Å²) in [5, 5.41) is 22.4. The van der Waals surface area contributed by atoms with Crippen LogP contribution in [0, 0.1) is 11.3 Å². The van der Waals surface area contributed by atoms with Gasteiger partial charge in [0.05, 0.1) is 24.3 Å². The number of hydrogen-bond donors (Lipinski definition) is 2. The van der Waals surface area contributed by atoms with Crippen LogP contribution in [0.1, 0.15) is 19.3 Å². The van der Waals surface area contributed by atoms with Crippen LogP contribution in [0.15, 0.2) is 24.8 Å². The highest BCUT2D eigenvalue weighted by Gasteiger charge is 2.32. The van der Waals surface area contributed by atoms with Gasteiger partial charge in [0.15, 0.2) is 0 Å². The molecule has 1 aliphatic rings. The Labute approximate surface area is 126 Å². The van der Waals surface area contributed by atoms with Crippen LogP contribution in [0.5, 0.6) is 0 Å². The third-order valence-corrected chi connectivity index (χ3v) is 4.46. The zero-order valence-electron chi connectivity index (χ0n) is 12.0. The SMILES string of the molecule is N#CCC1(O)CCN(n2cnc3cnc4[nH]ccc4c32)CC1. The van der Waals surface area contributed by atoms with Crippen LogP contribution in [-0.4, -0.2) is 43.4 Å². The van der Waals surface area contributed by atoms with E-state index in [2.05, 4.69) is 26.0 Å². The number of fused-ring (bicyclic) bond motifs is 3. The number of nitrogens with zero attached hydrogens (tertiary/aromatic N) is 5. The lowest BCUT2D eigenvalue weighted by Gasteiger charge is -2.38. The van der Waals surface area contributed by atoms with Crippen molar-refractivity contribution < 1.29 is 5.11 Å². The molecule has 3 aromatic heterocycles. The largest absolute Gasteiger partial charge is 0.389 e. The highest BCUT2D eigenvalue weighted by molar-refractivity contribution is 6.01. The molecule has 7 nitrogen and oxygen atoms in total. The summed E-state index contributed by atoms with van der Waals surface area (Å²) in [5.41, 5.74) is 1.86. The number of aromatic amines is 1. The van der Waals surface area contributed by atoms with Crippen molar-refractivity contribution in [1.82, 2.24) is 19.6 Å². The van der Waals surface area contributed by atoms with E-state index in [-0.39, 0.29) is 6.42 Å². The molecule has 0 atom stereocenters. The zero-order valence-corrected chi connectivity index (χ0v) is 12.0. The predicted octanol–water partition coefficient (Wildman–Crippen LogP) is 1.29. The molecule has 3 aromatic rings. The first-order chi connectivity index (χ1) is 10.7. The van der Waals surface area contributed by atoms with Gasteiger partial charge in [-0.05, 0) is 18.9 Å². The van der Waals surface area contributed by atoms with Gasteiger partial charge in [-0.25, -0.2) is 14.6 Å². The quantitative estimate of drug-likeness (QED) is 0.743. The van der Waals surface area contributed by atoms with Gasteiger partial charge in [0.2, 0.25) is 0 Å². The summed E-state index contributed by atoms with van der Waals surface area (Å²) < 4.78 is 2.04. The van der Waals surface area contributed by atoms with Crippen molar-refractivity contribution in [2.45, 2.75) is 24.9 Å². The van der Waals surface area contributed by atoms with E-state index in [1.807, 2.05) is 16.9 Å². The highest BCUT2D eigenvalue weighted by Crippen LogP contribution is 2.27. The van der Waals surface area contributed by atoms with Crippen molar-refractivity contribution in [3.05, 3.63) is 24.8 Å². The molecule has 22 heavy (non-hydrogen) atoms. The maximum atomic E-state index is 10.3. The number of H-pyrrole nitrogens is 1. The Balaban J connectivity index is 1.71. The molecule has 112 valence electrons. The predicted molar refractivity (Wildman–Crippen MR) is 81.7 cm³/mol. The zero-order chi connectivity index (χ0) is 15.2. The number of imidazole rings is 1. The summed E-state index contributed by atoms with van der Waals surface area (Å²) in [6.45, 7) is 1.38. The minimum atomic E-state index is -0.855. The smallest absolute Gasteiger partial charge is 0.139 e. The second kappa shape index (κ2) is 4.71. The summed E-state index contributed by atoms with van der Waals surface area (Å²) in [7, 11) is 0. The number of rotatable bonds is 2. The fourth-order valence-electron chi connectivity index (χ4n) is 3.16. The van der Waals surface area contributed by atoms with Crippen LogP contribution in [0.4, 0.5) is 0 Å². The molecule has 0 radical (unpaired) electrons. The van der Waals surface area contributed by atoms with E-state index in [1.54, 1.807) is 12.5 Å². The Kier molecular flexibility index (Phi) is 2.81. The molecule has 0 saturated carbocycles. The van der Waals surface area contributed by atoms with Crippen LogP contribution in [0.25, 0.3) is 22.1 Å². The molecule has 2 N–H and O–H groups in total. The number of hydrogen-bond acceptors (Lipinski definition) is 5. The third-order valence-electron chi connectivity index (χ3n) is 4.46. The van der Waals surface area contributed by atoms with E-state index in [9.17, 15) is 5.11 Å². The first-order valence-electron chi connectivity index (χ1n) is 7.34. The molecule has 1 aliphatic heterocycles. The van der Waals surface area contributed by atoms with Gasteiger partial charge >= 0.3 is 0 Å². The van der Waals surface area contributed by atoms with Crippen molar-refractivity contribution in [2.24, 2.45) is 0 Å². The Bertz CT molecular complexity index is 865. The average Bonchev–Trinajstić information content (AvgIpc) is 3.13. The monoisotopic (exact) mass is 296 g/mol. The van der Waals surface area contributed by atoms with E-state index in [0.29, 0.717) is 25.9 Å². The van der Waals surface area contributed by atoms with Gasteiger partial charge in [-0.15, -0.1) is 0 Å². The van der Waals surface area contributed by atoms with E-state index < -0.39 is 5.60 Å². The number of piperidine rings is 1. The van der Waals surface area contributed by atoms with E-state index in [0.717, 1.165) is 22.1 Å². The molecule has 0 unspecified atom stereocenters. The molecular weight excluding hydrogens is 280 g/mol. The average molecular weight is 296 g/mol.